The largest absolute Gasteiger partial charge is 0.333 e. The highest BCUT2D eigenvalue weighted by atomic mass is 35.5. The lowest BCUT2D eigenvalue weighted by atomic mass is 10.2. The number of carbonyl (C=O) groups excluding carboxylic acids is 1. The fraction of sp³-hybridized carbons (Fsp3) is 0.353. The second kappa shape index (κ2) is 8.08. The van der Waals surface area contributed by atoms with Gasteiger partial charge in [0.05, 0.1) is 5.69 Å². The Balaban J connectivity index is 0.00000208. The van der Waals surface area contributed by atoms with E-state index < -0.39 is 0 Å². The molecular weight excluding hydrogens is 328 g/mol. The van der Waals surface area contributed by atoms with Crippen LogP contribution in [0.2, 0.25) is 0 Å². The van der Waals surface area contributed by atoms with Gasteiger partial charge in [0, 0.05) is 25.2 Å². The topological polar surface area (TPSA) is 67.2 Å². The molecule has 0 spiro atoms. The number of likely N-dealkylation sites (N-methyl/N-ethyl adjacent to an activating group) is 1. The van der Waals surface area contributed by atoms with Gasteiger partial charge in [0.25, 0.3) is 11.5 Å². The van der Waals surface area contributed by atoms with Crippen LogP contribution < -0.4 is 10.9 Å². The number of likely N-dealkylation sites (tertiary alicyclic amines) is 1. The molecule has 0 radical (unpaired) electrons. The maximum Gasteiger partial charge on any atom is 0.274 e. The summed E-state index contributed by atoms with van der Waals surface area (Å²) < 4.78 is 1.27. The summed E-state index contributed by atoms with van der Waals surface area (Å²) in [7, 11) is 1.88. The average molecular weight is 349 g/mol. The molecule has 2 aromatic rings. The molecule has 1 atom stereocenters. The molecule has 128 valence electrons. The Hall–Kier alpha value is -2.18. The van der Waals surface area contributed by atoms with Crippen molar-refractivity contribution in [3.8, 4) is 5.69 Å². The Kier molecular flexibility index (Phi) is 6.11. The van der Waals surface area contributed by atoms with E-state index in [1.165, 1.54) is 16.8 Å². The number of hydrogen-bond donors (Lipinski definition) is 1. The summed E-state index contributed by atoms with van der Waals surface area (Å²) in [5.74, 6) is -0.118. The van der Waals surface area contributed by atoms with Gasteiger partial charge in [-0.05, 0) is 38.1 Å². The first kappa shape index (κ1) is 18.2. The summed E-state index contributed by atoms with van der Waals surface area (Å²) in [6, 6.07) is 12.2. The van der Waals surface area contributed by atoms with Crippen molar-refractivity contribution in [3.05, 3.63) is 58.5 Å². The van der Waals surface area contributed by atoms with Crippen LogP contribution in [-0.4, -0.2) is 46.8 Å². The van der Waals surface area contributed by atoms with Crippen LogP contribution in [0.5, 0.6) is 0 Å². The highest BCUT2D eigenvalue weighted by Crippen LogP contribution is 2.18. The number of amides is 1. The Morgan fingerprint density at radius 3 is 2.71 bits per heavy atom. The second-order valence-electron chi connectivity index (χ2n) is 5.66. The highest BCUT2D eigenvalue weighted by molar-refractivity contribution is 5.92. The quantitative estimate of drug-likeness (QED) is 0.908. The van der Waals surface area contributed by atoms with Gasteiger partial charge in [-0.2, -0.15) is 9.78 Å². The summed E-state index contributed by atoms with van der Waals surface area (Å²) in [4.78, 5) is 26.6. The van der Waals surface area contributed by atoms with Crippen LogP contribution in [0.25, 0.3) is 5.69 Å². The number of hydrogen-bond acceptors (Lipinski definition) is 4. The first-order chi connectivity index (χ1) is 11.2. The molecule has 1 aliphatic heterocycles. The number of halogens is 1. The summed E-state index contributed by atoms with van der Waals surface area (Å²) in [6.07, 6.45) is 1.99. The summed E-state index contributed by atoms with van der Waals surface area (Å²) >= 11 is 0. The zero-order chi connectivity index (χ0) is 16.2. The number of carbonyl (C=O) groups is 1. The van der Waals surface area contributed by atoms with Crippen molar-refractivity contribution in [3.63, 3.8) is 0 Å². The van der Waals surface area contributed by atoms with Gasteiger partial charge in [0.15, 0.2) is 0 Å². The Bertz CT molecular complexity index is 748. The van der Waals surface area contributed by atoms with Gasteiger partial charge in [-0.25, -0.2) is 0 Å². The van der Waals surface area contributed by atoms with Crippen molar-refractivity contribution in [1.29, 1.82) is 0 Å². The van der Waals surface area contributed by atoms with Crippen LogP contribution >= 0.6 is 12.4 Å². The van der Waals surface area contributed by atoms with Crippen molar-refractivity contribution in [2.24, 2.45) is 0 Å². The van der Waals surface area contributed by atoms with E-state index in [-0.39, 0.29) is 29.9 Å². The van der Waals surface area contributed by atoms with E-state index in [0.717, 1.165) is 25.9 Å². The standard InChI is InChI=1S/C17H20N4O2.ClH/c1-18-12-14-8-5-11-20(14)17(23)15-9-10-16(22)21(19-15)13-6-3-2-4-7-13;/h2-4,6-7,9-10,14,18H,5,8,11-12H2,1H3;1H. The minimum absolute atomic E-state index is 0. The molecule has 1 unspecified atom stereocenters. The average Bonchev–Trinajstić information content (AvgIpc) is 3.04. The van der Waals surface area contributed by atoms with Gasteiger partial charge >= 0.3 is 0 Å². The molecule has 6 nitrogen and oxygen atoms in total. The van der Waals surface area contributed by atoms with E-state index >= 15 is 0 Å². The van der Waals surface area contributed by atoms with Gasteiger partial charge in [-0.1, -0.05) is 18.2 Å². The van der Waals surface area contributed by atoms with E-state index in [1.807, 2.05) is 30.1 Å². The molecule has 1 aromatic heterocycles. The monoisotopic (exact) mass is 348 g/mol. The molecule has 0 bridgehead atoms. The predicted octanol–water partition coefficient (Wildman–Crippen LogP) is 1.48. The molecule has 1 N–H and O–H groups in total. The van der Waals surface area contributed by atoms with Crippen molar-refractivity contribution in [2.45, 2.75) is 18.9 Å². The zero-order valence-corrected chi connectivity index (χ0v) is 14.3. The van der Waals surface area contributed by atoms with E-state index in [4.69, 9.17) is 0 Å². The van der Waals surface area contributed by atoms with E-state index in [2.05, 4.69) is 10.4 Å². The van der Waals surface area contributed by atoms with Crippen LogP contribution in [0, 0.1) is 0 Å². The molecule has 7 heteroatoms. The van der Waals surface area contributed by atoms with Crippen LogP contribution in [0.4, 0.5) is 0 Å². The second-order valence-corrected chi connectivity index (χ2v) is 5.66. The Morgan fingerprint density at radius 1 is 1.25 bits per heavy atom. The first-order valence-electron chi connectivity index (χ1n) is 7.82. The third-order valence-electron chi connectivity index (χ3n) is 4.10. The maximum absolute atomic E-state index is 12.7. The van der Waals surface area contributed by atoms with Crippen LogP contribution in [-0.2, 0) is 0 Å². The fourth-order valence-electron chi connectivity index (χ4n) is 2.98. The van der Waals surface area contributed by atoms with Crippen LogP contribution in [0.15, 0.2) is 47.3 Å². The summed E-state index contributed by atoms with van der Waals surface area (Å²) in [5, 5.41) is 7.40. The van der Waals surface area contributed by atoms with Gasteiger partial charge in [-0.15, -0.1) is 12.4 Å². The number of para-hydroxylation sites is 1. The van der Waals surface area contributed by atoms with Crippen LogP contribution in [0.1, 0.15) is 23.3 Å². The molecule has 1 saturated heterocycles. The molecule has 1 aliphatic rings. The lowest BCUT2D eigenvalue weighted by molar-refractivity contribution is 0.0729. The van der Waals surface area contributed by atoms with Gasteiger partial charge in [-0.3, -0.25) is 9.59 Å². The van der Waals surface area contributed by atoms with Crippen LogP contribution in [0.3, 0.4) is 0 Å². The van der Waals surface area contributed by atoms with Gasteiger partial charge < -0.3 is 10.2 Å². The van der Waals surface area contributed by atoms with Crippen molar-refractivity contribution in [1.82, 2.24) is 20.0 Å². The predicted molar refractivity (Wildman–Crippen MR) is 95.1 cm³/mol. The van der Waals surface area contributed by atoms with E-state index in [0.29, 0.717) is 11.4 Å². The Labute approximate surface area is 146 Å². The molecule has 1 amide bonds. The number of nitrogens with one attached hydrogen (secondary N) is 1. The minimum atomic E-state index is -0.249. The molecule has 0 aliphatic carbocycles. The molecule has 3 rings (SSSR count). The number of rotatable bonds is 4. The number of nitrogens with zero attached hydrogens (tertiary/aromatic N) is 3. The number of benzene rings is 1. The molecule has 0 saturated carbocycles. The van der Waals surface area contributed by atoms with E-state index in [1.54, 1.807) is 12.1 Å². The third-order valence-corrected chi connectivity index (χ3v) is 4.10. The normalized spacial score (nSPS) is 16.7. The van der Waals surface area contributed by atoms with Crippen molar-refractivity contribution >= 4 is 18.3 Å². The SMILES string of the molecule is CNCC1CCCN1C(=O)c1ccc(=O)n(-c2ccccc2)n1.Cl. The van der Waals surface area contributed by atoms with Crippen molar-refractivity contribution < 1.29 is 4.79 Å². The highest BCUT2D eigenvalue weighted by Gasteiger charge is 2.29. The van der Waals surface area contributed by atoms with Crippen molar-refractivity contribution in [2.75, 3.05) is 20.1 Å². The summed E-state index contributed by atoms with van der Waals surface area (Å²) in [5.41, 5.74) is 0.706. The molecule has 2 heterocycles. The molecule has 24 heavy (non-hydrogen) atoms. The molecule has 1 fully saturated rings. The molecular formula is C17H21ClN4O2. The van der Waals surface area contributed by atoms with E-state index in [9.17, 15) is 9.59 Å². The first-order valence-corrected chi connectivity index (χ1v) is 7.82. The smallest absolute Gasteiger partial charge is 0.274 e. The lowest BCUT2D eigenvalue weighted by Gasteiger charge is -2.24. The number of aromatic nitrogens is 2. The zero-order valence-electron chi connectivity index (χ0n) is 13.5. The lowest BCUT2D eigenvalue weighted by Crippen LogP contribution is -2.41. The molecule has 1 aromatic carbocycles. The Morgan fingerprint density at radius 2 is 2.00 bits per heavy atom. The maximum atomic E-state index is 12.7. The third kappa shape index (κ3) is 3.66. The van der Waals surface area contributed by atoms with Gasteiger partial charge in [0.2, 0.25) is 0 Å². The minimum Gasteiger partial charge on any atom is -0.333 e. The summed E-state index contributed by atoms with van der Waals surface area (Å²) in [6.45, 7) is 1.50. The fourth-order valence-corrected chi connectivity index (χ4v) is 2.98. The van der Waals surface area contributed by atoms with Gasteiger partial charge in [0.1, 0.15) is 5.69 Å².